The van der Waals surface area contributed by atoms with Crippen molar-refractivity contribution in [2.45, 2.75) is 0 Å². The predicted molar refractivity (Wildman–Crippen MR) is 611 cm³/mol. The highest BCUT2D eigenvalue weighted by Crippen LogP contribution is 2.46. The lowest BCUT2D eigenvalue weighted by atomic mass is 9.97. The molecule has 150 heavy (non-hydrogen) atoms. The van der Waals surface area contributed by atoms with Crippen molar-refractivity contribution in [2.75, 3.05) is 0 Å². The second kappa shape index (κ2) is 37.0. The second-order valence-electron chi connectivity index (χ2n) is 37.4. The van der Waals surface area contributed by atoms with Crippen LogP contribution in [0, 0.1) is 0 Å². The Labute approximate surface area is 860 Å². The Morgan fingerprint density at radius 1 is 0.147 bits per heavy atom. The van der Waals surface area contributed by atoms with E-state index in [1.165, 1.54) is 32.7 Å². The van der Waals surface area contributed by atoms with Crippen molar-refractivity contribution in [1.29, 1.82) is 0 Å². The van der Waals surface area contributed by atoms with Crippen LogP contribution in [0.25, 0.3) is 279 Å². The van der Waals surface area contributed by atoms with E-state index in [2.05, 4.69) is 400 Å². The first-order valence-corrected chi connectivity index (χ1v) is 50.2. The molecule has 15 nitrogen and oxygen atoms in total. The summed E-state index contributed by atoms with van der Waals surface area (Å²) in [4.78, 5) is 46.4. The molecule has 0 amide bonds. The summed E-state index contributed by atoms with van der Waals surface area (Å²) in [5.41, 5.74) is 29.5. The summed E-state index contributed by atoms with van der Waals surface area (Å²) < 4.78 is 21.8. The molecule has 21 aromatic carbocycles. The molecular weight excluding hydrogens is 1840 g/mol. The van der Waals surface area contributed by atoms with Crippen molar-refractivity contribution in [2.24, 2.45) is 0 Å². The Morgan fingerprint density at radius 3 is 0.973 bits per heavy atom. The standard InChI is InChI=1S/C51H33N5.C45H28N4O.C39H24N4O/c1-3-15-34(16-4-1)35-27-29-37(30-28-35)50-52-49(36-17-5-2-6-18-36)53-51(54-50)43-32-31-38(55-44-23-11-7-19-39(44)40-20-8-12-24-45(40)55)33-48(43)56-46-25-13-9-21-41(46)42-22-10-14-26-47(42)56;1-3-13-29(14-4-1)31-17-11-18-32(27-31)34-21-12-22-38-35-19-7-9-23-39(35)49(42(34)38)45-47-43(30-15-5-2-6-16-30)46-44(48-45)33-25-26-37-36-20-8-10-24-40(36)50-41(37)28-33;1-3-12-25(13-4-1)27-22-23-30-35(24-27)44-34-21-11-18-31(36(30)34)38-40-37(26-14-5-2-6-15-26)41-39(42-38)43-32-19-9-7-16-28(32)29-17-8-10-20-33(29)43/h1-33H;1-28H;1-24H. The van der Waals surface area contributed by atoms with Crippen LogP contribution in [0.3, 0.4) is 0 Å². The van der Waals surface area contributed by atoms with Crippen LogP contribution in [-0.2, 0) is 0 Å². The van der Waals surface area contributed by atoms with E-state index in [9.17, 15) is 0 Å². The number of rotatable bonds is 15. The Kier molecular flexibility index (Phi) is 21.5. The summed E-state index contributed by atoms with van der Waals surface area (Å²) in [6, 6.07) is 179. The van der Waals surface area contributed by atoms with E-state index in [0.29, 0.717) is 52.7 Å². The highest BCUT2D eigenvalue weighted by molar-refractivity contribution is 6.17. The number of aromatic nitrogens is 13. The summed E-state index contributed by atoms with van der Waals surface area (Å²) in [6.45, 7) is 0. The molecule has 702 valence electrons. The topological polar surface area (TPSA) is 162 Å². The zero-order chi connectivity index (χ0) is 99.1. The van der Waals surface area contributed by atoms with Crippen molar-refractivity contribution in [3.05, 3.63) is 516 Å². The van der Waals surface area contributed by atoms with Gasteiger partial charge in [0.1, 0.15) is 22.3 Å². The number of nitrogens with zero attached hydrogens (tertiary/aromatic N) is 13. The van der Waals surface area contributed by atoms with Crippen molar-refractivity contribution in [3.63, 3.8) is 0 Å². The van der Waals surface area contributed by atoms with E-state index in [1.807, 2.05) is 133 Å². The van der Waals surface area contributed by atoms with Crippen molar-refractivity contribution in [3.8, 4) is 147 Å². The maximum atomic E-state index is 6.43. The van der Waals surface area contributed by atoms with Gasteiger partial charge in [0.25, 0.3) is 0 Å². The van der Waals surface area contributed by atoms with Gasteiger partial charge < -0.3 is 18.0 Å². The third-order valence-corrected chi connectivity index (χ3v) is 28.5. The van der Waals surface area contributed by atoms with Gasteiger partial charge in [0, 0.05) is 115 Å². The van der Waals surface area contributed by atoms with E-state index in [1.54, 1.807) is 0 Å². The number of hydrogen-bond donors (Lipinski definition) is 0. The van der Waals surface area contributed by atoms with E-state index < -0.39 is 0 Å². The minimum absolute atomic E-state index is 0.552. The van der Waals surface area contributed by atoms with Crippen LogP contribution < -0.4 is 0 Å². The number of benzene rings is 21. The van der Waals surface area contributed by atoms with Gasteiger partial charge in [-0.2, -0.15) is 19.9 Å². The smallest absolute Gasteiger partial charge is 0.238 e. The molecule has 9 heterocycles. The Hall–Kier alpha value is -20.6. The van der Waals surface area contributed by atoms with Crippen LogP contribution in [-0.4, -0.2) is 63.1 Å². The van der Waals surface area contributed by atoms with Crippen LogP contribution >= 0.6 is 0 Å². The van der Waals surface area contributed by atoms with Gasteiger partial charge in [-0.1, -0.05) is 413 Å². The molecule has 0 aliphatic rings. The Balaban J connectivity index is 0.000000109. The van der Waals surface area contributed by atoms with Gasteiger partial charge in [-0.3, -0.25) is 9.13 Å². The fourth-order valence-electron chi connectivity index (χ4n) is 21.6. The summed E-state index contributed by atoms with van der Waals surface area (Å²) in [6.07, 6.45) is 0. The van der Waals surface area contributed by atoms with Gasteiger partial charge in [-0.15, -0.1) is 0 Å². The summed E-state index contributed by atoms with van der Waals surface area (Å²) in [7, 11) is 0. The monoisotopic (exact) mass is 1920 g/mol. The van der Waals surface area contributed by atoms with Gasteiger partial charge in [-0.25, -0.2) is 24.9 Å². The molecule has 0 aliphatic heterocycles. The minimum atomic E-state index is 0.552. The molecule has 0 saturated heterocycles. The van der Waals surface area contributed by atoms with Gasteiger partial charge in [0.05, 0.1) is 49.8 Å². The normalized spacial score (nSPS) is 11.6. The van der Waals surface area contributed by atoms with Gasteiger partial charge >= 0.3 is 0 Å². The van der Waals surface area contributed by atoms with E-state index in [4.69, 9.17) is 53.7 Å². The fraction of sp³-hybridized carbons (Fsp3) is 0. The largest absolute Gasteiger partial charge is 0.456 e. The van der Waals surface area contributed by atoms with Gasteiger partial charge in [0.15, 0.2) is 40.8 Å². The number of hydrogen-bond acceptors (Lipinski definition) is 11. The molecule has 0 atom stereocenters. The lowest BCUT2D eigenvalue weighted by molar-refractivity contribution is 0.668. The second-order valence-corrected chi connectivity index (χ2v) is 37.4. The maximum absolute atomic E-state index is 6.43. The summed E-state index contributed by atoms with van der Waals surface area (Å²) in [5.74, 6) is 5.35. The molecule has 15 heteroatoms. The van der Waals surface area contributed by atoms with Crippen molar-refractivity contribution < 1.29 is 8.83 Å². The zero-order valence-electron chi connectivity index (χ0n) is 80.7. The fourth-order valence-corrected chi connectivity index (χ4v) is 21.6. The first kappa shape index (κ1) is 87.3. The van der Waals surface area contributed by atoms with Crippen molar-refractivity contribution in [1.82, 2.24) is 63.1 Å². The molecule has 0 saturated carbocycles. The molecule has 0 aliphatic carbocycles. The van der Waals surface area contributed by atoms with Crippen LogP contribution in [0.5, 0.6) is 0 Å². The zero-order valence-corrected chi connectivity index (χ0v) is 80.7. The Bertz CT molecular complexity index is 10300. The lowest BCUT2D eigenvalue weighted by Crippen LogP contribution is -2.07. The van der Waals surface area contributed by atoms with Crippen LogP contribution in [0.1, 0.15) is 0 Å². The molecule has 0 N–H and O–H groups in total. The van der Waals surface area contributed by atoms with Gasteiger partial charge in [0.2, 0.25) is 11.9 Å². The molecule has 30 rings (SSSR count). The number of fused-ring (bicyclic) bond motifs is 18. The predicted octanol–water partition coefficient (Wildman–Crippen LogP) is 34.1. The third-order valence-electron chi connectivity index (χ3n) is 28.5. The molecule has 0 bridgehead atoms. The molecule has 9 aromatic heterocycles. The lowest BCUT2D eigenvalue weighted by Gasteiger charge is -2.17. The van der Waals surface area contributed by atoms with E-state index >= 15 is 0 Å². The van der Waals surface area contributed by atoms with Crippen molar-refractivity contribution >= 4 is 131 Å². The summed E-state index contributed by atoms with van der Waals surface area (Å²) >= 11 is 0. The maximum Gasteiger partial charge on any atom is 0.238 e. The quantitative estimate of drug-likeness (QED) is 0.0960. The summed E-state index contributed by atoms with van der Waals surface area (Å²) in [5, 5.41) is 13.6. The van der Waals surface area contributed by atoms with E-state index in [-0.39, 0.29) is 0 Å². The van der Waals surface area contributed by atoms with Crippen LogP contribution in [0.2, 0.25) is 0 Å². The molecular formula is C135H85N13O2. The molecule has 0 unspecified atom stereocenters. The Morgan fingerprint density at radius 2 is 0.447 bits per heavy atom. The molecule has 0 radical (unpaired) electrons. The highest BCUT2D eigenvalue weighted by atomic mass is 16.3. The average Bonchev–Trinajstić information content (AvgIpc) is 1.56. The first-order valence-electron chi connectivity index (χ1n) is 50.2. The average molecular weight is 1920 g/mol. The first-order chi connectivity index (χ1) is 74.4. The highest BCUT2D eigenvalue weighted by Gasteiger charge is 2.28. The molecule has 0 fully saturated rings. The SMILES string of the molecule is c1ccc(-c2ccc(-c3nc(-c4ccccc4)nc(-c4ccc(-n5c6ccccc6c6ccccc65)cc4-n4c5ccccc5c5ccccc54)n3)cc2)cc1.c1ccc(-c2ccc3c(c2)oc2cccc(-c4nc(-c5ccccc5)nc(-n5c6ccccc6c6ccccc65)n4)c23)cc1.c1ccc(-c2cccc(-c3cccc4c5ccccc5n(-c5nc(-c6ccccc6)nc(-c6ccc7c(c6)oc6ccccc67)n5)c34)c2)cc1. The molecule has 30 aromatic rings. The minimum Gasteiger partial charge on any atom is -0.456 e. The third kappa shape index (κ3) is 15.5. The van der Waals surface area contributed by atoms with Gasteiger partial charge in [-0.05, 0) is 142 Å². The van der Waals surface area contributed by atoms with Crippen LogP contribution in [0.4, 0.5) is 0 Å². The van der Waals surface area contributed by atoms with Crippen LogP contribution in [0.15, 0.2) is 524 Å². The number of furan rings is 2. The molecule has 0 spiro atoms. The van der Waals surface area contributed by atoms with E-state index in [0.717, 1.165) is 193 Å². The number of para-hydroxylation sites is 9.